The molecule has 2 aromatic carbocycles. The van der Waals surface area contributed by atoms with Gasteiger partial charge in [-0.1, -0.05) is 12.5 Å². The molecule has 0 aromatic heterocycles. The second kappa shape index (κ2) is 8.53. The average Bonchev–Trinajstić information content (AvgIpc) is 3.03. The Balaban J connectivity index is 1.57. The molecule has 0 radical (unpaired) electrons. The van der Waals surface area contributed by atoms with Crippen molar-refractivity contribution in [3.63, 3.8) is 0 Å². The molecule has 1 aliphatic heterocycles. The Kier molecular flexibility index (Phi) is 5.81. The summed E-state index contributed by atoms with van der Waals surface area (Å²) in [5, 5.41) is 2.95. The molecule has 0 saturated heterocycles. The number of benzene rings is 2. The predicted octanol–water partition coefficient (Wildman–Crippen LogP) is 4.24. The van der Waals surface area contributed by atoms with E-state index in [0.29, 0.717) is 5.71 Å². The molecule has 2 amide bonds. The van der Waals surface area contributed by atoms with Gasteiger partial charge in [0.05, 0.1) is 7.11 Å². The maximum absolute atomic E-state index is 13.4. The Labute approximate surface area is 183 Å². The normalized spacial score (nSPS) is 17.6. The summed E-state index contributed by atoms with van der Waals surface area (Å²) in [6.45, 7) is 4.05. The summed E-state index contributed by atoms with van der Waals surface area (Å²) in [6.07, 6.45) is 4.71. The van der Waals surface area contributed by atoms with E-state index in [-0.39, 0.29) is 18.4 Å². The van der Waals surface area contributed by atoms with Crippen molar-refractivity contribution in [2.24, 2.45) is 4.99 Å². The number of methoxy groups -OCH3 is 1. The summed E-state index contributed by atoms with van der Waals surface area (Å²) >= 11 is 0. The number of anilines is 1. The van der Waals surface area contributed by atoms with Crippen LogP contribution in [0.2, 0.25) is 0 Å². The average molecular weight is 420 g/mol. The van der Waals surface area contributed by atoms with E-state index in [2.05, 4.69) is 5.32 Å². The summed E-state index contributed by atoms with van der Waals surface area (Å²) in [7, 11) is 1.61. The minimum absolute atomic E-state index is 0.00505. The van der Waals surface area contributed by atoms with Crippen molar-refractivity contribution < 1.29 is 14.3 Å². The lowest BCUT2D eigenvalue weighted by Crippen LogP contribution is -2.51. The first-order chi connectivity index (χ1) is 14.9. The van der Waals surface area contributed by atoms with Crippen molar-refractivity contribution in [3.8, 4) is 5.75 Å². The van der Waals surface area contributed by atoms with Crippen molar-refractivity contribution >= 4 is 23.2 Å². The first kappa shape index (κ1) is 21.1. The van der Waals surface area contributed by atoms with Gasteiger partial charge in [-0.15, -0.1) is 0 Å². The van der Waals surface area contributed by atoms with Crippen molar-refractivity contribution in [2.45, 2.75) is 51.6 Å². The topological polar surface area (TPSA) is 71.0 Å². The van der Waals surface area contributed by atoms with Crippen LogP contribution in [0.3, 0.4) is 0 Å². The van der Waals surface area contributed by atoms with Crippen LogP contribution in [0.1, 0.15) is 48.8 Å². The third-order valence-corrected chi connectivity index (χ3v) is 6.38. The highest BCUT2D eigenvalue weighted by Crippen LogP contribution is 2.39. The molecule has 1 saturated carbocycles. The van der Waals surface area contributed by atoms with Crippen LogP contribution in [0, 0.1) is 13.8 Å². The van der Waals surface area contributed by atoms with Gasteiger partial charge < -0.3 is 15.0 Å². The second-order valence-corrected chi connectivity index (χ2v) is 8.47. The summed E-state index contributed by atoms with van der Waals surface area (Å²) < 4.78 is 5.23. The van der Waals surface area contributed by atoms with Crippen molar-refractivity contribution in [1.82, 2.24) is 4.90 Å². The fraction of sp³-hybridized carbons (Fsp3) is 0.400. The molecule has 0 atom stereocenters. The highest BCUT2D eigenvalue weighted by Gasteiger charge is 2.48. The van der Waals surface area contributed by atoms with Gasteiger partial charge in [0, 0.05) is 11.3 Å². The Hall–Kier alpha value is -3.15. The largest absolute Gasteiger partial charge is 0.497 e. The van der Waals surface area contributed by atoms with Gasteiger partial charge in [-0.3, -0.25) is 14.6 Å². The first-order valence-corrected chi connectivity index (χ1v) is 10.9. The lowest BCUT2D eigenvalue weighted by atomic mass is 9.88. The van der Waals surface area contributed by atoms with Gasteiger partial charge in [0.2, 0.25) is 5.91 Å². The van der Waals surface area contributed by atoms with E-state index in [9.17, 15) is 9.59 Å². The van der Waals surface area contributed by atoms with Crippen LogP contribution in [0.15, 0.2) is 47.5 Å². The van der Waals surface area contributed by atoms with Crippen molar-refractivity contribution in [2.75, 3.05) is 19.0 Å². The van der Waals surface area contributed by atoms with Crippen molar-refractivity contribution in [3.05, 3.63) is 59.2 Å². The summed E-state index contributed by atoms with van der Waals surface area (Å²) in [5.41, 5.74) is 3.60. The smallest absolute Gasteiger partial charge is 0.275 e. The fourth-order valence-electron chi connectivity index (χ4n) is 4.45. The standard InChI is InChI=1S/C25H29N3O3/c1-17-7-10-20(15-18(17)2)26-22(29)16-28-24(30)23(19-8-11-21(31-3)12-9-19)27-25(28)13-5-4-6-14-25/h7-12,15H,4-6,13-14,16H2,1-3H3,(H,26,29). The SMILES string of the molecule is COc1ccc(C2=NC3(CCCCC3)N(CC(=O)Nc3ccc(C)c(C)c3)C2=O)cc1. The van der Waals surface area contributed by atoms with Crippen LogP contribution >= 0.6 is 0 Å². The molecule has 1 aliphatic carbocycles. The molecule has 6 nitrogen and oxygen atoms in total. The van der Waals surface area contributed by atoms with E-state index in [1.165, 1.54) is 5.56 Å². The summed E-state index contributed by atoms with van der Waals surface area (Å²) in [5.74, 6) is 0.349. The molecular weight excluding hydrogens is 390 g/mol. The van der Waals surface area contributed by atoms with Gasteiger partial charge in [0.15, 0.2) is 0 Å². The van der Waals surface area contributed by atoms with Crippen LogP contribution in [0.5, 0.6) is 5.75 Å². The third-order valence-electron chi connectivity index (χ3n) is 6.38. The Bertz CT molecular complexity index is 1020. The third kappa shape index (κ3) is 4.20. The monoisotopic (exact) mass is 419 g/mol. The number of amides is 2. The van der Waals surface area contributed by atoms with E-state index in [4.69, 9.17) is 9.73 Å². The van der Waals surface area contributed by atoms with Crippen LogP contribution < -0.4 is 10.1 Å². The van der Waals surface area contributed by atoms with E-state index < -0.39 is 5.66 Å². The zero-order valence-electron chi connectivity index (χ0n) is 18.4. The lowest BCUT2D eigenvalue weighted by molar-refractivity contribution is -0.134. The van der Waals surface area contributed by atoms with E-state index >= 15 is 0 Å². The second-order valence-electron chi connectivity index (χ2n) is 8.47. The van der Waals surface area contributed by atoms with E-state index in [1.807, 2.05) is 56.3 Å². The number of carbonyl (C=O) groups is 2. The number of nitrogens with zero attached hydrogens (tertiary/aromatic N) is 2. The molecule has 2 aliphatic rings. The molecule has 0 bridgehead atoms. The molecule has 6 heteroatoms. The highest BCUT2D eigenvalue weighted by molar-refractivity contribution is 6.47. The molecule has 2 aromatic rings. The maximum atomic E-state index is 13.4. The number of ether oxygens (including phenoxy) is 1. The quantitative estimate of drug-likeness (QED) is 0.788. The van der Waals surface area contributed by atoms with E-state index in [1.54, 1.807) is 12.0 Å². The van der Waals surface area contributed by atoms with Gasteiger partial charge in [0.25, 0.3) is 5.91 Å². The van der Waals surface area contributed by atoms with Gasteiger partial charge >= 0.3 is 0 Å². The Morgan fingerprint density at radius 2 is 1.77 bits per heavy atom. The predicted molar refractivity (Wildman–Crippen MR) is 122 cm³/mol. The number of hydrogen-bond acceptors (Lipinski definition) is 4. The molecular formula is C25H29N3O3. The zero-order chi connectivity index (χ0) is 22.0. The van der Waals surface area contributed by atoms with Gasteiger partial charge in [0.1, 0.15) is 23.7 Å². The van der Waals surface area contributed by atoms with Crippen LogP contribution in [-0.4, -0.2) is 41.7 Å². The Morgan fingerprint density at radius 1 is 1.06 bits per heavy atom. The zero-order valence-corrected chi connectivity index (χ0v) is 18.4. The molecule has 1 heterocycles. The van der Waals surface area contributed by atoms with Crippen molar-refractivity contribution in [1.29, 1.82) is 0 Å². The summed E-state index contributed by atoms with van der Waals surface area (Å²) in [6, 6.07) is 13.2. The number of aryl methyl sites for hydroxylation is 2. The molecule has 1 spiro atoms. The molecule has 162 valence electrons. The van der Waals surface area contributed by atoms with Crippen LogP contribution in [0.4, 0.5) is 5.69 Å². The molecule has 31 heavy (non-hydrogen) atoms. The van der Waals surface area contributed by atoms with Gasteiger partial charge in [-0.2, -0.15) is 0 Å². The van der Waals surface area contributed by atoms with Gasteiger partial charge in [-0.05, 0) is 87.1 Å². The Morgan fingerprint density at radius 3 is 2.42 bits per heavy atom. The fourth-order valence-corrected chi connectivity index (χ4v) is 4.45. The van der Waals surface area contributed by atoms with E-state index in [0.717, 1.165) is 54.7 Å². The molecule has 4 rings (SSSR count). The van der Waals surface area contributed by atoms with Gasteiger partial charge in [-0.25, -0.2) is 0 Å². The maximum Gasteiger partial charge on any atom is 0.275 e. The van der Waals surface area contributed by atoms with Crippen LogP contribution in [-0.2, 0) is 9.59 Å². The summed E-state index contributed by atoms with van der Waals surface area (Å²) in [4.78, 5) is 32.9. The molecule has 0 unspecified atom stereocenters. The number of aliphatic imine (C=N–C) groups is 1. The molecule has 1 fully saturated rings. The minimum Gasteiger partial charge on any atom is -0.497 e. The lowest BCUT2D eigenvalue weighted by Gasteiger charge is -2.38. The molecule has 1 N–H and O–H groups in total. The first-order valence-electron chi connectivity index (χ1n) is 10.9. The minimum atomic E-state index is -0.620. The number of rotatable bonds is 5. The number of nitrogens with one attached hydrogen (secondary N) is 1. The van der Waals surface area contributed by atoms with Crippen LogP contribution in [0.25, 0.3) is 0 Å². The highest BCUT2D eigenvalue weighted by atomic mass is 16.5. The number of carbonyl (C=O) groups excluding carboxylic acids is 2. The number of hydrogen-bond donors (Lipinski definition) is 1.